The summed E-state index contributed by atoms with van der Waals surface area (Å²) in [5.41, 5.74) is 2.04. The Kier molecular flexibility index (Phi) is 5.22. The molecular weight excluding hydrogens is 467 g/mol. The average Bonchev–Trinajstić information content (AvgIpc) is 2.77. The largest absolute Gasteiger partial charge is 0.456 e. The summed E-state index contributed by atoms with van der Waals surface area (Å²) in [7, 11) is -0.746. The standard InChI is InChI=1S/C27H22BrO2P/c1-27(2,29)22-17-19(28)13-14-21(22)18-12-15-24-26(16-18)31(20-8-4-3-5-9-20)25-11-7-6-10-23(25)30-24/h3-17,29H,1-2H3. The van der Waals surface area contributed by atoms with Gasteiger partial charge in [-0.25, -0.2) is 0 Å². The van der Waals surface area contributed by atoms with Gasteiger partial charge < -0.3 is 9.84 Å². The molecule has 0 radical (unpaired) electrons. The maximum Gasteiger partial charge on any atom is 0.135 e. The molecule has 1 unspecified atom stereocenters. The second-order valence-electron chi connectivity index (χ2n) is 8.17. The Morgan fingerprint density at radius 2 is 1.48 bits per heavy atom. The predicted molar refractivity (Wildman–Crippen MR) is 134 cm³/mol. The monoisotopic (exact) mass is 488 g/mol. The fourth-order valence-corrected chi connectivity index (χ4v) is 6.88. The van der Waals surface area contributed by atoms with Crippen LogP contribution in [0.3, 0.4) is 0 Å². The summed E-state index contributed by atoms with van der Waals surface area (Å²) in [4.78, 5) is 0. The van der Waals surface area contributed by atoms with Gasteiger partial charge in [0.15, 0.2) is 0 Å². The van der Waals surface area contributed by atoms with Crippen LogP contribution in [0.2, 0.25) is 0 Å². The second kappa shape index (κ2) is 7.91. The molecule has 154 valence electrons. The van der Waals surface area contributed by atoms with E-state index in [0.29, 0.717) is 0 Å². The summed E-state index contributed by atoms with van der Waals surface area (Å²) in [6, 6.07) is 31.5. The van der Waals surface area contributed by atoms with E-state index in [1.54, 1.807) is 0 Å². The number of ether oxygens (including phenoxy) is 1. The molecule has 0 amide bonds. The predicted octanol–water partition coefficient (Wildman–Crippen LogP) is 6.21. The molecule has 1 aliphatic heterocycles. The first kappa shape index (κ1) is 20.5. The smallest absolute Gasteiger partial charge is 0.135 e. The number of para-hydroxylation sites is 1. The number of hydrogen-bond acceptors (Lipinski definition) is 2. The number of benzene rings is 4. The lowest BCUT2D eigenvalue weighted by molar-refractivity contribution is 0.0791. The Bertz CT molecular complexity index is 1260. The topological polar surface area (TPSA) is 29.5 Å². The van der Waals surface area contributed by atoms with Gasteiger partial charge in [0.2, 0.25) is 0 Å². The molecule has 0 bridgehead atoms. The molecule has 0 spiro atoms. The van der Waals surface area contributed by atoms with E-state index in [-0.39, 0.29) is 0 Å². The van der Waals surface area contributed by atoms with Crippen LogP contribution >= 0.6 is 23.9 Å². The van der Waals surface area contributed by atoms with Crippen molar-refractivity contribution in [3.05, 3.63) is 101 Å². The second-order valence-corrected chi connectivity index (χ2v) is 11.2. The lowest BCUT2D eigenvalue weighted by atomic mass is 9.89. The molecule has 2 nitrogen and oxygen atoms in total. The van der Waals surface area contributed by atoms with E-state index in [9.17, 15) is 5.11 Å². The van der Waals surface area contributed by atoms with Crippen LogP contribution in [0.1, 0.15) is 19.4 Å². The minimum absolute atomic E-state index is 0.746. The van der Waals surface area contributed by atoms with Crippen molar-refractivity contribution in [1.82, 2.24) is 0 Å². The highest BCUT2D eigenvalue weighted by atomic mass is 79.9. The molecule has 0 fully saturated rings. The van der Waals surface area contributed by atoms with E-state index in [2.05, 4.69) is 82.7 Å². The number of aliphatic hydroxyl groups is 1. The molecule has 0 saturated heterocycles. The first-order valence-corrected chi connectivity index (χ1v) is 12.3. The van der Waals surface area contributed by atoms with Crippen LogP contribution < -0.4 is 20.7 Å². The quantitative estimate of drug-likeness (QED) is 0.306. The summed E-state index contributed by atoms with van der Waals surface area (Å²) in [6.07, 6.45) is 0. The number of halogens is 1. The summed E-state index contributed by atoms with van der Waals surface area (Å²) in [5, 5.41) is 14.5. The summed E-state index contributed by atoms with van der Waals surface area (Å²) < 4.78 is 7.25. The van der Waals surface area contributed by atoms with Gasteiger partial charge in [-0.05, 0) is 74.1 Å². The number of hydrogen-bond donors (Lipinski definition) is 1. The van der Waals surface area contributed by atoms with E-state index < -0.39 is 13.5 Å². The van der Waals surface area contributed by atoms with E-state index in [4.69, 9.17) is 4.74 Å². The molecule has 1 aliphatic rings. The summed E-state index contributed by atoms with van der Waals surface area (Å²) in [6.45, 7) is 3.65. The maximum atomic E-state index is 10.8. The van der Waals surface area contributed by atoms with Gasteiger partial charge >= 0.3 is 0 Å². The fraction of sp³-hybridized carbons (Fsp3) is 0.111. The van der Waals surface area contributed by atoms with Crippen LogP contribution in [0.4, 0.5) is 0 Å². The van der Waals surface area contributed by atoms with Crippen LogP contribution in [-0.4, -0.2) is 5.11 Å². The Hall–Kier alpha value is -2.45. The van der Waals surface area contributed by atoms with Gasteiger partial charge in [-0.2, -0.15) is 0 Å². The minimum Gasteiger partial charge on any atom is -0.456 e. The molecule has 1 N–H and O–H groups in total. The van der Waals surface area contributed by atoms with Gasteiger partial charge in [-0.15, -0.1) is 0 Å². The van der Waals surface area contributed by atoms with E-state index in [0.717, 1.165) is 32.7 Å². The average molecular weight is 489 g/mol. The zero-order valence-corrected chi connectivity index (χ0v) is 19.8. The first-order chi connectivity index (χ1) is 14.9. The molecule has 1 heterocycles. The lowest BCUT2D eigenvalue weighted by Gasteiger charge is -2.30. The van der Waals surface area contributed by atoms with Crippen LogP contribution in [0.15, 0.2) is 95.5 Å². The number of rotatable bonds is 3. The van der Waals surface area contributed by atoms with Gasteiger partial charge in [0.1, 0.15) is 11.5 Å². The Morgan fingerprint density at radius 3 is 2.26 bits per heavy atom. The molecule has 5 rings (SSSR count). The van der Waals surface area contributed by atoms with Crippen molar-refractivity contribution in [3.8, 4) is 22.6 Å². The highest BCUT2D eigenvalue weighted by molar-refractivity contribution is 9.10. The van der Waals surface area contributed by atoms with Crippen molar-refractivity contribution in [1.29, 1.82) is 0 Å². The van der Waals surface area contributed by atoms with Crippen LogP contribution in [-0.2, 0) is 5.60 Å². The van der Waals surface area contributed by atoms with Crippen molar-refractivity contribution in [2.45, 2.75) is 19.4 Å². The van der Waals surface area contributed by atoms with Crippen LogP contribution in [0.5, 0.6) is 11.5 Å². The molecular formula is C27H22BrO2P. The van der Waals surface area contributed by atoms with Crippen LogP contribution in [0, 0.1) is 0 Å². The Labute approximate surface area is 192 Å². The minimum atomic E-state index is -0.956. The van der Waals surface area contributed by atoms with E-state index in [1.807, 2.05) is 38.1 Å². The Balaban J connectivity index is 1.72. The third-order valence-electron chi connectivity index (χ3n) is 5.49. The summed E-state index contributed by atoms with van der Waals surface area (Å²) in [5.74, 6) is 1.83. The van der Waals surface area contributed by atoms with Crippen LogP contribution in [0.25, 0.3) is 11.1 Å². The van der Waals surface area contributed by atoms with Gasteiger partial charge in [0, 0.05) is 15.1 Å². The highest BCUT2D eigenvalue weighted by Gasteiger charge is 2.29. The fourth-order valence-electron chi connectivity index (χ4n) is 4.05. The van der Waals surface area contributed by atoms with E-state index in [1.165, 1.54) is 15.9 Å². The summed E-state index contributed by atoms with van der Waals surface area (Å²) >= 11 is 3.55. The Morgan fingerprint density at radius 1 is 0.774 bits per heavy atom. The highest BCUT2D eigenvalue weighted by Crippen LogP contribution is 2.46. The molecule has 0 aromatic heterocycles. The zero-order chi connectivity index (χ0) is 21.6. The maximum absolute atomic E-state index is 10.8. The molecule has 4 heteroatoms. The third-order valence-corrected chi connectivity index (χ3v) is 8.48. The normalized spacial score (nSPS) is 15.0. The zero-order valence-electron chi connectivity index (χ0n) is 17.3. The molecule has 4 aromatic carbocycles. The van der Waals surface area contributed by atoms with Gasteiger partial charge in [0.05, 0.1) is 5.60 Å². The SMILES string of the molecule is CC(C)(O)c1cc(Br)ccc1-c1ccc2c(c1)P(c1ccccc1)c1ccccc1O2. The van der Waals surface area contributed by atoms with Gasteiger partial charge in [-0.3, -0.25) is 0 Å². The number of fused-ring (bicyclic) bond motifs is 2. The van der Waals surface area contributed by atoms with E-state index >= 15 is 0 Å². The molecule has 1 atom stereocenters. The van der Waals surface area contributed by atoms with Crippen molar-refractivity contribution < 1.29 is 9.84 Å². The molecule has 4 aromatic rings. The molecule has 31 heavy (non-hydrogen) atoms. The first-order valence-electron chi connectivity index (χ1n) is 10.2. The van der Waals surface area contributed by atoms with Gasteiger partial charge in [-0.1, -0.05) is 76.6 Å². The van der Waals surface area contributed by atoms with Crippen molar-refractivity contribution in [2.75, 3.05) is 0 Å². The molecule has 0 aliphatic carbocycles. The van der Waals surface area contributed by atoms with Crippen molar-refractivity contribution in [3.63, 3.8) is 0 Å². The van der Waals surface area contributed by atoms with Crippen molar-refractivity contribution in [2.24, 2.45) is 0 Å². The van der Waals surface area contributed by atoms with Crippen molar-refractivity contribution >= 4 is 39.8 Å². The third kappa shape index (κ3) is 3.83. The van der Waals surface area contributed by atoms with Gasteiger partial charge in [0.25, 0.3) is 0 Å². The lowest BCUT2D eigenvalue weighted by Crippen LogP contribution is -2.27. The molecule has 0 saturated carbocycles.